The Morgan fingerprint density at radius 2 is 1.93 bits per heavy atom. The van der Waals surface area contributed by atoms with Gasteiger partial charge in [-0.2, -0.15) is 4.31 Å². The number of rotatable bonds is 6. The molecule has 3 rings (SSSR count). The van der Waals surface area contributed by atoms with Crippen LogP contribution in [0.25, 0.3) is 0 Å². The number of carbonyl (C=O) groups excluding carboxylic acids is 1. The predicted octanol–water partition coefficient (Wildman–Crippen LogP) is 1.60. The van der Waals surface area contributed by atoms with Gasteiger partial charge in [-0.05, 0) is 38.0 Å². The summed E-state index contributed by atoms with van der Waals surface area (Å²) in [7, 11) is -3.56. The molecule has 1 amide bonds. The summed E-state index contributed by atoms with van der Waals surface area (Å²) >= 11 is 1.16. The molecule has 0 atom stereocenters. The van der Waals surface area contributed by atoms with E-state index in [9.17, 15) is 13.2 Å². The van der Waals surface area contributed by atoms with Crippen LogP contribution in [0.3, 0.4) is 0 Å². The van der Waals surface area contributed by atoms with Crippen LogP contribution in [-0.2, 0) is 14.8 Å². The predicted molar refractivity (Wildman–Crippen MR) is 108 cm³/mol. The van der Waals surface area contributed by atoms with Crippen LogP contribution in [-0.4, -0.2) is 52.3 Å². The Balaban J connectivity index is 1.65. The monoisotopic (exact) mass is 424 g/mol. The molecule has 1 aromatic carbocycles. The first-order valence-electron chi connectivity index (χ1n) is 9.08. The van der Waals surface area contributed by atoms with Crippen molar-refractivity contribution in [2.45, 2.75) is 42.7 Å². The number of hydrogen-bond donors (Lipinski definition) is 2. The minimum Gasteiger partial charge on any atom is -0.336 e. The van der Waals surface area contributed by atoms with Crippen molar-refractivity contribution in [2.24, 2.45) is 0 Å². The summed E-state index contributed by atoms with van der Waals surface area (Å²) in [6.07, 6.45) is 3.85. The minimum absolute atomic E-state index is 0.0818. The highest BCUT2D eigenvalue weighted by Crippen LogP contribution is 2.23. The van der Waals surface area contributed by atoms with Gasteiger partial charge >= 0.3 is 0 Å². The number of aromatic nitrogens is 3. The summed E-state index contributed by atoms with van der Waals surface area (Å²) < 4.78 is 28.7. The van der Waals surface area contributed by atoms with E-state index in [0.29, 0.717) is 29.8 Å². The third-order valence-electron chi connectivity index (χ3n) is 4.49. The van der Waals surface area contributed by atoms with Crippen molar-refractivity contribution in [1.82, 2.24) is 19.2 Å². The number of nitrogens with zero attached hydrogens (tertiary/aromatic N) is 4. The van der Waals surface area contributed by atoms with Gasteiger partial charge in [0.25, 0.3) is 0 Å². The molecule has 0 aliphatic carbocycles. The fourth-order valence-corrected chi connectivity index (χ4v) is 5.21. The Morgan fingerprint density at radius 3 is 2.57 bits per heavy atom. The summed E-state index contributed by atoms with van der Waals surface area (Å²) in [5, 5.41) is 10.9. The van der Waals surface area contributed by atoms with E-state index in [1.807, 2.05) is 0 Å². The zero-order chi connectivity index (χ0) is 20.1. The molecule has 2 aromatic rings. The fraction of sp³-hybridized carbons (Fsp3) is 0.471. The van der Waals surface area contributed by atoms with Crippen LogP contribution in [0, 0.1) is 6.92 Å². The molecule has 0 saturated carbocycles. The first kappa shape index (κ1) is 20.6. The number of hydrogen-bond acceptors (Lipinski definition) is 7. The molecule has 0 spiro atoms. The molecule has 0 radical (unpaired) electrons. The maximum atomic E-state index is 12.9. The molecule has 1 saturated heterocycles. The van der Waals surface area contributed by atoms with Gasteiger partial charge in [-0.15, -0.1) is 10.2 Å². The van der Waals surface area contributed by atoms with Crippen LogP contribution in [0.1, 0.15) is 31.5 Å². The molecular formula is C17H24N6O3S2. The number of thioether (sulfide) groups is 1. The molecule has 9 nitrogen and oxygen atoms in total. The van der Waals surface area contributed by atoms with Crippen molar-refractivity contribution >= 4 is 33.4 Å². The molecule has 1 aliphatic rings. The molecular weight excluding hydrogens is 400 g/mol. The third-order valence-corrected chi connectivity index (χ3v) is 7.33. The van der Waals surface area contributed by atoms with E-state index in [4.69, 9.17) is 5.84 Å². The number of sulfonamides is 1. The van der Waals surface area contributed by atoms with E-state index < -0.39 is 10.0 Å². The van der Waals surface area contributed by atoms with Gasteiger partial charge in [0, 0.05) is 18.8 Å². The SMILES string of the molecule is Cc1nnc(SCC(=O)Nc2cccc(S(=O)(=O)N3CCCCCC3)c2)n1N. The average molecular weight is 425 g/mol. The summed E-state index contributed by atoms with van der Waals surface area (Å²) in [5.41, 5.74) is 0.437. The number of nitrogen functional groups attached to an aromatic ring is 1. The number of anilines is 1. The lowest BCUT2D eigenvalue weighted by molar-refractivity contribution is -0.113. The van der Waals surface area contributed by atoms with E-state index in [1.54, 1.807) is 25.1 Å². The smallest absolute Gasteiger partial charge is 0.243 e. The minimum atomic E-state index is -3.56. The van der Waals surface area contributed by atoms with Gasteiger partial charge in [0.05, 0.1) is 10.6 Å². The van der Waals surface area contributed by atoms with Crippen LogP contribution in [0.5, 0.6) is 0 Å². The van der Waals surface area contributed by atoms with Crippen LogP contribution >= 0.6 is 11.8 Å². The highest BCUT2D eigenvalue weighted by Gasteiger charge is 2.25. The van der Waals surface area contributed by atoms with E-state index in [-0.39, 0.29) is 16.6 Å². The number of carbonyl (C=O) groups is 1. The van der Waals surface area contributed by atoms with Crippen molar-refractivity contribution < 1.29 is 13.2 Å². The number of benzene rings is 1. The van der Waals surface area contributed by atoms with Gasteiger partial charge < -0.3 is 11.2 Å². The van der Waals surface area contributed by atoms with E-state index in [1.165, 1.54) is 15.0 Å². The zero-order valence-electron chi connectivity index (χ0n) is 15.7. The summed E-state index contributed by atoms with van der Waals surface area (Å²) in [4.78, 5) is 12.4. The van der Waals surface area contributed by atoms with Crippen LogP contribution in [0.15, 0.2) is 34.3 Å². The Hall–Kier alpha value is -2.11. The molecule has 3 N–H and O–H groups in total. The van der Waals surface area contributed by atoms with Gasteiger partial charge in [0.15, 0.2) is 0 Å². The van der Waals surface area contributed by atoms with Crippen LogP contribution in [0.4, 0.5) is 5.69 Å². The van der Waals surface area contributed by atoms with Gasteiger partial charge in [0.2, 0.25) is 21.1 Å². The normalized spacial score (nSPS) is 15.9. The lowest BCUT2D eigenvalue weighted by Crippen LogP contribution is -2.32. The van der Waals surface area contributed by atoms with Crippen LogP contribution in [0.2, 0.25) is 0 Å². The average Bonchev–Trinajstić information content (AvgIpc) is 2.88. The standard InChI is InChI=1S/C17H24N6O3S2/c1-13-20-21-17(23(13)18)27-12-16(24)19-14-7-6-8-15(11-14)28(25,26)22-9-4-2-3-5-10-22/h6-8,11H,2-5,9-10,12,18H2,1H3,(H,19,24). The zero-order valence-corrected chi connectivity index (χ0v) is 17.3. The van der Waals surface area contributed by atoms with Crippen molar-refractivity contribution in [1.29, 1.82) is 0 Å². The second kappa shape index (κ2) is 8.93. The van der Waals surface area contributed by atoms with Crippen molar-refractivity contribution in [2.75, 3.05) is 30.0 Å². The molecule has 1 aromatic heterocycles. The van der Waals surface area contributed by atoms with E-state index in [2.05, 4.69) is 15.5 Å². The van der Waals surface area contributed by atoms with E-state index >= 15 is 0 Å². The Kier molecular flexibility index (Phi) is 6.57. The largest absolute Gasteiger partial charge is 0.336 e. The molecule has 0 unspecified atom stereocenters. The maximum absolute atomic E-state index is 12.9. The second-order valence-electron chi connectivity index (χ2n) is 6.58. The summed E-state index contributed by atoms with van der Waals surface area (Å²) in [6, 6.07) is 6.36. The first-order chi connectivity index (χ1) is 13.4. The molecule has 0 bridgehead atoms. The number of amides is 1. The topological polar surface area (TPSA) is 123 Å². The number of nitrogens with two attached hydrogens (primary N) is 1. The molecule has 28 heavy (non-hydrogen) atoms. The summed E-state index contributed by atoms with van der Waals surface area (Å²) in [6.45, 7) is 2.79. The molecule has 11 heteroatoms. The highest BCUT2D eigenvalue weighted by molar-refractivity contribution is 7.99. The van der Waals surface area contributed by atoms with Gasteiger partial charge in [-0.3, -0.25) is 4.79 Å². The molecule has 1 aliphatic heterocycles. The lowest BCUT2D eigenvalue weighted by atomic mass is 10.2. The second-order valence-corrected chi connectivity index (χ2v) is 9.46. The Bertz CT molecular complexity index is 936. The Morgan fingerprint density at radius 1 is 1.21 bits per heavy atom. The van der Waals surface area contributed by atoms with Crippen molar-refractivity contribution in [3.8, 4) is 0 Å². The van der Waals surface area contributed by atoms with Crippen molar-refractivity contribution in [3.05, 3.63) is 30.1 Å². The highest BCUT2D eigenvalue weighted by atomic mass is 32.2. The van der Waals surface area contributed by atoms with Gasteiger partial charge in [0.1, 0.15) is 5.82 Å². The summed E-state index contributed by atoms with van der Waals surface area (Å²) in [5.74, 6) is 6.11. The van der Waals surface area contributed by atoms with Gasteiger partial charge in [-0.1, -0.05) is 30.7 Å². The van der Waals surface area contributed by atoms with E-state index in [0.717, 1.165) is 37.4 Å². The molecule has 2 heterocycles. The fourth-order valence-electron chi connectivity index (χ4n) is 2.94. The Labute approximate surface area is 168 Å². The quantitative estimate of drug-likeness (QED) is 0.533. The number of nitrogens with one attached hydrogen (secondary N) is 1. The third kappa shape index (κ3) is 4.83. The first-order valence-corrected chi connectivity index (χ1v) is 11.5. The maximum Gasteiger partial charge on any atom is 0.243 e. The van der Waals surface area contributed by atoms with Gasteiger partial charge in [-0.25, -0.2) is 13.1 Å². The molecule has 152 valence electrons. The lowest BCUT2D eigenvalue weighted by Gasteiger charge is -2.20. The van der Waals surface area contributed by atoms with Crippen LogP contribution < -0.4 is 11.2 Å². The molecule has 1 fully saturated rings. The number of aryl methyl sites for hydroxylation is 1. The van der Waals surface area contributed by atoms with Crippen molar-refractivity contribution in [3.63, 3.8) is 0 Å².